The molecule has 1 saturated heterocycles. The molecule has 0 N–H and O–H groups in total. The van der Waals surface area contributed by atoms with Crippen molar-refractivity contribution in [3.63, 3.8) is 0 Å². The van der Waals surface area contributed by atoms with Gasteiger partial charge in [0.05, 0.1) is 25.5 Å². The van der Waals surface area contributed by atoms with Crippen molar-refractivity contribution < 1.29 is 4.74 Å². The molecule has 0 radical (unpaired) electrons. The molecule has 2 heterocycles. The number of hydrogen-bond acceptors (Lipinski definition) is 3. The number of hydrogen-bond donors (Lipinski definition) is 0. The smallest absolute Gasteiger partial charge is 0.0898 e. The van der Waals surface area contributed by atoms with Gasteiger partial charge in [-0.1, -0.05) is 42.5 Å². The van der Waals surface area contributed by atoms with Gasteiger partial charge in [-0.05, 0) is 18.1 Å². The van der Waals surface area contributed by atoms with E-state index < -0.39 is 0 Å². The maximum Gasteiger partial charge on any atom is 0.0898 e. The van der Waals surface area contributed by atoms with Crippen LogP contribution in [0.4, 0.5) is 0 Å². The largest absolute Gasteiger partial charge is 0.374 e. The van der Waals surface area contributed by atoms with Crippen molar-refractivity contribution in [3.8, 4) is 0 Å². The van der Waals surface area contributed by atoms with Gasteiger partial charge in [0, 0.05) is 25.8 Å². The third-order valence-corrected chi connectivity index (χ3v) is 3.85. The first kappa shape index (κ1) is 15.0. The van der Waals surface area contributed by atoms with Crippen LogP contribution in [0.3, 0.4) is 0 Å². The molecule has 1 fully saturated rings. The molecule has 0 saturated carbocycles. The van der Waals surface area contributed by atoms with Crippen LogP contribution in [0, 0.1) is 6.92 Å². The fourth-order valence-corrected chi connectivity index (χ4v) is 2.73. The molecule has 0 bridgehead atoms. The maximum atomic E-state index is 5.86. The first-order valence-electron chi connectivity index (χ1n) is 7.84. The maximum absolute atomic E-state index is 5.86. The Balaban J connectivity index is 1.49. The summed E-state index contributed by atoms with van der Waals surface area (Å²) >= 11 is 0. The van der Waals surface area contributed by atoms with Crippen molar-refractivity contribution in [2.24, 2.45) is 0 Å². The van der Waals surface area contributed by atoms with Crippen molar-refractivity contribution in [2.75, 3.05) is 26.2 Å². The topological polar surface area (TPSA) is 30.3 Å². The van der Waals surface area contributed by atoms with Gasteiger partial charge in [0.1, 0.15) is 0 Å². The van der Waals surface area contributed by atoms with E-state index in [1.54, 1.807) is 0 Å². The second kappa shape index (κ2) is 7.38. The second-order valence-electron chi connectivity index (χ2n) is 5.81. The highest BCUT2D eigenvalue weighted by Crippen LogP contribution is 2.09. The van der Waals surface area contributed by atoms with Gasteiger partial charge in [-0.3, -0.25) is 9.58 Å². The van der Waals surface area contributed by atoms with Crippen LogP contribution in [0.5, 0.6) is 0 Å². The van der Waals surface area contributed by atoms with Crippen molar-refractivity contribution in [1.29, 1.82) is 0 Å². The predicted molar refractivity (Wildman–Crippen MR) is 88.6 cm³/mol. The molecule has 1 aliphatic heterocycles. The average Bonchev–Trinajstić information content (AvgIpc) is 2.94. The molecule has 1 unspecified atom stereocenters. The Kier molecular flexibility index (Phi) is 5.03. The lowest BCUT2D eigenvalue weighted by Gasteiger charge is -2.32. The zero-order valence-electron chi connectivity index (χ0n) is 13.1. The summed E-state index contributed by atoms with van der Waals surface area (Å²) in [7, 11) is 0. The van der Waals surface area contributed by atoms with Crippen LogP contribution in [0.1, 0.15) is 11.1 Å². The SMILES string of the molecule is Cc1cnn(CC2CN(C/C=C/c3ccccc3)CCO2)c1. The number of aryl methyl sites for hydroxylation is 1. The quantitative estimate of drug-likeness (QED) is 0.850. The lowest BCUT2D eigenvalue weighted by atomic mass is 10.2. The molecule has 0 aliphatic carbocycles. The van der Waals surface area contributed by atoms with E-state index >= 15 is 0 Å². The molecule has 1 atom stereocenters. The molecular formula is C18H23N3O. The zero-order chi connectivity index (χ0) is 15.2. The molecule has 1 aliphatic rings. The van der Waals surface area contributed by atoms with Crippen LogP contribution in [-0.2, 0) is 11.3 Å². The number of rotatable bonds is 5. The van der Waals surface area contributed by atoms with E-state index in [0.29, 0.717) is 0 Å². The van der Waals surface area contributed by atoms with E-state index in [9.17, 15) is 0 Å². The van der Waals surface area contributed by atoms with E-state index in [4.69, 9.17) is 4.74 Å². The molecular weight excluding hydrogens is 274 g/mol. The van der Waals surface area contributed by atoms with Gasteiger partial charge in [-0.25, -0.2) is 0 Å². The Hall–Kier alpha value is -1.91. The molecule has 0 amide bonds. The standard InChI is InChI=1S/C18H23N3O/c1-16-12-19-21(13-16)15-18-14-20(10-11-22-18)9-5-8-17-6-3-2-4-7-17/h2-8,12-13,18H,9-11,14-15H2,1H3/b8-5+. The number of morpholine rings is 1. The van der Waals surface area contributed by atoms with Gasteiger partial charge >= 0.3 is 0 Å². The van der Waals surface area contributed by atoms with E-state index in [-0.39, 0.29) is 6.10 Å². The lowest BCUT2D eigenvalue weighted by molar-refractivity contribution is -0.0337. The van der Waals surface area contributed by atoms with E-state index in [2.05, 4.69) is 59.5 Å². The minimum Gasteiger partial charge on any atom is -0.374 e. The molecule has 4 nitrogen and oxygen atoms in total. The van der Waals surface area contributed by atoms with Crippen molar-refractivity contribution in [1.82, 2.24) is 14.7 Å². The molecule has 22 heavy (non-hydrogen) atoms. The van der Waals surface area contributed by atoms with Crippen LogP contribution < -0.4 is 0 Å². The predicted octanol–water partition coefficient (Wildman–Crippen LogP) is 2.61. The van der Waals surface area contributed by atoms with Gasteiger partial charge < -0.3 is 4.74 Å². The van der Waals surface area contributed by atoms with Gasteiger partial charge in [0.2, 0.25) is 0 Å². The highest BCUT2D eigenvalue weighted by atomic mass is 16.5. The number of nitrogens with zero attached hydrogens (tertiary/aromatic N) is 3. The molecule has 1 aromatic heterocycles. The third kappa shape index (κ3) is 4.29. The van der Waals surface area contributed by atoms with E-state index in [1.807, 2.05) is 16.9 Å². The highest BCUT2D eigenvalue weighted by Gasteiger charge is 2.20. The summed E-state index contributed by atoms with van der Waals surface area (Å²) in [6.45, 7) is 6.60. The molecule has 1 aromatic carbocycles. The molecule has 3 rings (SSSR count). The fourth-order valence-electron chi connectivity index (χ4n) is 2.73. The molecule has 116 valence electrons. The number of aromatic nitrogens is 2. The van der Waals surface area contributed by atoms with Crippen LogP contribution in [0.2, 0.25) is 0 Å². The summed E-state index contributed by atoms with van der Waals surface area (Å²) in [5.41, 5.74) is 2.44. The van der Waals surface area contributed by atoms with Crippen LogP contribution in [-0.4, -0.2) is 47.0 Å². The lowest BCUT2D eigenvalue weighted by Crippen LogP contribution is -2.44. The Morgan fingerprint density at radius 1 is 1.32 bits per heavy atom. The summed E-state index contributed by atoms with van der Waals surface area (Å²) < 4.78 is 7.83. The Morgan fingerprint density at radius 3 is 2.95 bits per heavy atom. The van der Waals surface area contributed by atoms with E-state index in [0.717, 1.165) is 32.8 Å². The first-order chi connectivity index (χ1) is 10.8. The van der Waals surface area contributed by atoms with Crippen LogP contribution >= 0.6 is 0 Å². The number of benzene rings is 1. The van der Waals surface area contributed by atoms with Crippen LogP contribution in [0.25, 0.3) is 6.08 Å². The first-order valence-corrected chi connectivity index (χ1v) is 7.84. The van der Waals surface area contributed by atoms with E-state index in [1.165, 1.54) is 11.1 Å². The monoisotopic (exact) mass is 297 g/mol. The van der Waals surface area contributed by atoms with Gasteiger partial charge in [0.25, 0.3) is 0 Å². The Labute approximate surface area is 132 Å². The van der Waals surface area contributed by atoms with Crippen molar-refractivity contribution >= 4 is 6.08 Å². The minimum atomic E-state index is 0.221. The highest BCUT2D eigenvalue weighted by molar-refractivity contribution is 5.48. The molecule has 2 aromatic rings. The van der Waals surface area contributed by atoms with Gasteiger partial charge in [-0.15, -0.1) is 0 Å². The Morgan fingerprint density at radius 2 is 2.18 bits per heavy atom. The van der Waals surface area contributed by atoms with Crippen molar-refractivity contribution in [2.45, 2.75) is 19.6 Å². The van der Waals surface area contributed by atoms with Crippen molar-refractivity contribution in [3.05, 3.63) is 59.9 Å². The molecule has 4 heteroatoms. The summed E-state index contributed by atoms with van der Waals surface area (Å²) in [6, 6.07) is 10.4. The summed E-state index contributed by atoms with van der Waals surface area (Å²) in [5, 5.41) is 4.34. The minimum absolute atomic E-state index is 0.221. The summed E-state index contributed by atoms with van der Waals surface area (Å²) in [4.78, 5) is 2.43. The van der Waals surface area contributed by atoms with Crippen LogP contribution in [0.15, 0.2) is 48.8 Å². The fraction of sp³-hybridized carbons (Fsp3) is 0.389. The average molecular weight is 297 g/mol. The molecule has 0 spiro atoms. The second-order valence-corrected chi connectivity index (χ2v) is 5.81. The summed E-state index contributed by atoms with van der Waals surface area (Å²) in [6.07, 6.45) is 8.59. The summed E-state index contributed by atoms with van der Waals surface area (Å²) in [5.74, 6) is 0. The van der Waals surface area contributed by atoms with Gasteiger partial charge in [-0.2, -0.15) is 5.10 Å². The van der Waals surface area contributed by atoms with Gasteiger partial charge in [0.15, 0.2) is 0 Å². The Bertz CT molecular complexity index is 606. The normalized spacial score (nSPS) is 19.8. The number of ether oxygens (including phenoxy) is 1. The zero-order valence-corrected chi connectivity index (χ0v) is 13.1. The third-order valence-electron chi connectivity index (χ3n) is 3.85.